The second kappa shape index (κ2) is 10.6. The van der Waals surface area contributed by atoms with Gasteiger partial charge < -0.3 is 29.4 Å². The molecule has 3 aromatic rings. The SMILES string of the molecule is CC(=O)NCC1CN(c2ccc(OC3CCN(c4cc5c(cc4F)c(=O)c(C(=O)O)cn5C4CC4)C3)c(F)c2)C(=O)O1. The fourth-order valence-electron chi connectivity index (χ4n) is 5.48. The van der Waals surface area contributed by atoms with Crippen LogP contribution >= 0.6 is 0 Å². The van der Waals surface area contributed by atoms with Gasteiger partial charge in [0.05, 0.1) is 36.5 Å². The lowest BCUT2D eigenvalue weighted by molar-refractivity contribution is -0.119. The summed E-state index contributed by atoms with van der Waals surface area (Å²) in [6, 6.07) is 6.86. The largest absolute Gasteiger partial charge is 0.485 e. The van der Waals surface area contributed by atoms with Gasteiger partial charge in [-0.2, -0.15) is 0 Å². The van der Waals surface area contributed by atoms with Crippen LogP contribution in [0.3, 0.4) is 0 Å². The van der Waals surface area contributed by atoms with Gasteiger partial charge in [-0.3, -0.25) is 14.5 Å². The molecule has 2 unspecified atom stereocenters. The number of cyclic esters (lactones) is 1. The first kappa shape index (κ1) is 27.5. The van der Waals surface area contributed by atoms with E-state index < -0.39 is 46.9 Å². The average Bonchev–Trinajstić information content (AvgIpc) is 3.56. The molecule has 11 nitrogen and oxygen atoms in total. The summed E-state index contributed by atoms with van der Waals surface area (Å²) in [7, 11) is 0. The molecule has 220 valence electrons. The predicted octanol–water partition coefficient (Wildman–Crippen LogP) is 3.43. The highest BCUT2D eigenvalue weighted by Crippen LogP contribution is 2.38. The quantitative estimate of drug-likeness (QED) is 0.413. The van der Waals surface area contributed by atoms with Crippen LogP contribution in [0.15, 0.2) is 41.3 Å². The van der Waals surface area contributed by atoms with E-state index in [1.807, 2.05) is 0 Å². The number of halogens is 2. The van der Waals surface area contributed by atoms with Crippen molar-refractivity contribution >= 4 is 40.2 Å². The first-order chi connectivity index (χ1) is 20.1. The summed E-state index contributed by atoms with van der Waals surface area (Å²) in [6.45, 7) is 2.34. The lowest BCUT2D eigenvalue weighted by atomic mass is 10.1. The summed E-state index contributed by atoms with van der Waals surface area (Å²) in [4.78, 5) is 50.8. The topological polar surface area (TPSA) is 130 Å². The van der Waals surface area contributed by atoms with E-state index in [1.54, 1.807) is 21.6 Å². The van der Waals surface area contributed by atoms with Crippen LogP contribution in [0.25, 0.3) is 10.9 Å². The second-order valence-corrected chi connectivity index (χ2v) is 10.8. The van der Waals surface area contributed by atoms with Crippen molar-refractivity contribution in [3.05, 3.63) is 63.9 Å². The molecule has 2 N–H and O–H groups in total. The maximum Gasteiger partial charge on any atom is 0.414 e. The van der Waals surface area contributed by atoms with Gasteiger partial charge in [0, 0.05) is 43.6 Å². The monoisotopic (exact) mass is 582 g/mol. The van der Waals surface area contributed by atoms with Crippen LogP contribution < -0.4 is 25.3 Å². The number of rotatable bonds is 8. The van der Waals surface area contributed by atoms with Crippen LogP contribution in [0.1, 0.15) is 42.6 Å². The van der Waals surface area contributed by atoms with Gasteiger partial charge in [0.25, 0.3) is 0 Å². The molecular weight excluding hydrogens is 554 g/mol. The molecule has 0 bridgehead atoms. The highest BCUT2D eigenvalue weighted by atomic mass is 19.1. The Kier molecular flexibility index (Phi) is 6.95. The van der Waals surface area contributed by atoms with Crippen molar-refractivity contribution in [1.29, 1.82) is 0 Å². The Labute approximate surface area is 238 Å². The van der Waals surface area contributed by atoms with Gasteiger partial charge in [0.1, 0.15) is 23.6 Å². The minimum Gasteiger partial charge on any atom is -0.485 e. The van der Waals surface area contributed by atoms with Crippen molar-refractivity contribution in [1.82, 2.24) is 9.88 Å². The molecule has 0 radical (unpaired) electrons. The number of carbonyl (C=O) groups excluding carboxylic acids is 2. The van der Waals surface area contributed by atoms with Gasteiger partial charge in [-0.25, -0.2) is 18.4 Å². The molecule has 3 heterocycles. The number of hydrogen-bond donors (Lipinski definition) is 2. The molecule has 42 heavy (non-hydrogen) atoms. The number of carboxylic acids is 1. The number of aromatic carboxylic acids is 1. The Balaban J connectivity index is 1.17. The van der Waals surface area contributed by atoms with Gasteiger partial charge in [-0.15, -0.1) is 0 Å². The van der Waals surface area contributed by atoms with E-state index in [-0.39, 0.29) is 54.1 Å². The van der Waals surface area contributed by atoms with E-state index in [2.05, 4.69) is 5.32 Å². The molecular formula is C29H28F2N4O7. The van der Waals surface area contributed by atoms with E-state index >= 15 is 8.78 Å². The average molecular weight is 583 g/mol. The number of benzene rings is 2. The zero-order chi connectivity index (χ0) is 29.7. The van der Waals surface area contributed by atoms with Crippen LogP contribution in [0.2, 0.25) is 0 Å². The van der Waals surface area contributed by atoms with Gasteiger partial charge in [-0.05, 0) is 37.1 Å². The van der Waals surface area contributed by atoms with Crippen molar-refractivity contribution in [2.75, 3.05) is 36.0 Å². The summed E-state index contributed by atoms with van der Waals surface area (Å²) >= 11 is 0. The van der Waals surface area contributed by atoms with Crippen LogP contribution in [0.5, 0.6) is 5.75 Å². The maximum atomic E-state index is 15.3. The van der Waals surface area contributed by atoms with E-state index in [4.69, 9.17) is 9.47 Å². The van der Waals surface area contributed by atoms with Crippen LogP contribution in [-0.2, 0) is 9.53 Å². The molecule has 2 aliphatic heterocycles. The molecule has 13 heteroatoms. The summed E-state index contributed by atoms with van der Waals surface area (Å²) in [5, 5.41) is 12.1. The van der Waals surface area contributed by atoms with Crippen molar-refractivity contribution in [3.63, 3.8) is 0 Å². The second-order valence-electron chi connectivity index (χ2n) is 10.8. The fourth-order valence-corrected chi connectivity index (χ4v) is 5.48. The first-order valence-electron chi connectivity index (χ1n) is 13.6. The summed E-state index contributed by atoms with van der Waals surface area (Å²) in [5.74, 6) is -2.96. The minimum atomic E-state index is -1.35. The standard InChI is InChI=1S/C29H28F2N4O7/c1-15(36)32-11-19-13-35(29(40)42-19)17-4-5-26(23(31)8-17)41-18-6-7-33(12-18)25-10-24-20(9-22(25)30)27(37)21(28(38)39)14-34(24)16-2-3-16/h4-5,8-10,14,16,18-19H,2-3,6-7,11-13H2,1H3,(H,32,36)(H,38,39). The highest BCUT2D eigenvalue weighted by molar-refractivity contribution is 5.94. The van der Waals surface area contributed by atoms with Gasteiger partial charge >= 0.3 is 12.1 Å². The van der Waals surface area contributed by atoms with Crippen LogP contribution in [-0.4, -0.2) is 66.0 Å². The summed E-state index contributed by atoms with van der Waals surface area (Å²) in [5.41, 5.74) is -0.117. The van der Waals surface area contributed by atoms with E-state index in [9.17, 15) is 24.3 Å². The van der Waals surface area contributed by atoms with Crippen LogP contribution in [0, 0.1) is 11.6 Å². The Bertz CT molecular complexity index is 1670. The number of nitrogens with zero attached hydrogens (tertiary/aromatic N) is 3. The summed E-state index contributed by atoms with van der Waals surface area (Å²) < 4.78 is 43.2. The number of carboxylic acid groups (broad SMARTS) is 1. The molecule has 1 saturated carbocycles. The number of amides is 2. The molecule has 1 aromatic heterocycles. The Morgan fingerprint density at radius 3 is 2.57 bits per heavy atom. The third-order valence-electron chi connectivity index (χ3n) is 7.73. The van der Waals surface area contributed by atoms with Crippen LogP contribution in [0.4, 0.5) is 25.0 Å². The van der Waals surface area contributed by atoms with E-state index in [1.165, 1.54) is 30.2 Å². The van der Waals surface area contributed by atoms with E-state index in [0.29, 0.717) is 18.5 Å². The number of fused-ring (bicyclic) bond motifs is 1. The number of hydrogen-bond acceptors (Lipinski definition) is 7. The predicted molar refractivity (Wildman–Crippen MR) is 147 cm³/mol. The molecule has 2 saturated heterocycles. The number of nitrogens with one attached hydrogen (secondary N) is 1. The number of pyridine rings is 1. The number of carbonyl (C=O) groups is 3. The zero-order valence-electron chi connectivity index (χ0n) is 22.6. The van der Waals surface area contributed by atoms with Crippen molar-refractivity contribution in [2.45, 2.75) is 44.4 Å². The van der Waals surface area contributed by atoms with Gasteiger partial charge in [0.15, 0.2) is 11.6 Å². The summed E-state index contributed by atoms with van der Waals surface area (Å²) in [6.07, 6.45) is 1.83. The lowest BCUT2D eigenvalue weighted by Gasteiger charge is -2.22. The molecule has 2 amide bonds. The molecule has 2 aromatic carbocycles. The minimum absolute atomic E-state index is 0.0144. The van der Waals surface area contributed by atoms with Crippen molar-refractivity contribution in [3.8, 4) is 5.75 Å². The van der Waals surface area contributed by atoms with Crippen molar-refractivity contribution in [2.24, 2.45) is 0 Å². The number of aromatic nitrogens is 1. The highest BCUT2D eigenvalue weighted by Gasteiger charge is 2.34. The first-order valence-corrected chi connectivity index (χ1v) is 13.6. The lowest BCUT2D eigenvalue weighted by Crippen LogP contribution is -2.33. The maximum absolute atomic E-state index is 15.3. The normalized spacial score (nSPS) is 20.2. The van der Waals surface area contributed by atoms with Gasteiger partial charge in [-0.1, -0.05) is 0 Å². The van der Waals surface area contributed by atoms with E-state index in [0.717, 1.165) is 18.9 Å². The Hall–Kier alpha value is -4.68. The molecule has 1 aliphatic carbocycles. The molecule has 2 atom stereocenters. The molecule has 3 aliphatic rings. The Morgan fingerprint density at radius 2 is 1.88 bits per heavy atom. The number of ether oxygens (including phenoxy) is 2. The third-order valence-corrected chi connectivity index (χ3v) is 7.73. The Morgan fingerprint density at radius 1 is 1.10 bits per heavy atom. The zero-order valence-corrected chi connectivity index (χ0v) is 22.6. The molecule has 0 spiro atoms. The number of anilines is 2. The van der Waals surface area contributed by atoms with Gasteiger partial charge in [0.2, 0.25) is 11.3 Å². The third kappa shape index (κ3) is 5.21. The molecule has 6 rings (SSSR count). The smallest absolute Gasteiger partial charge is 0.414 e. The fraction of sp³-hybridized carbons (Fsp3) is 0.379. The van der Waals surface area contributed by atoms with Crippen molar-refractivity contribution < 1.29 is 37.7 Å². The molecule has 3 fully saturated rings.